The molecular weight excluding hydrogens is 581 g/mol. The molecule has 8 aromatic rings. The summed E-state index contributed by atoms with van der Waals surface area (Å²) in [5, 5.41) is 0. The van der Waals surface area contributed by atoms with Gasteiger partial charge in [0.25, 0.3) is 0 Å². The molecule has 48 heavy (non-hydrogen) atoms. The Morgan fingerprint density at radius 3 is 0.875 bits per heavy atom. The maximum Gasteiger partial charge on any atom is 0.0976 e. The molecule has 1 aromatic heterocycles. The van der Waals surface area contributed by atoms with E-state index in [1.54, 1.807) is 0 Å². The third kappa shape index (κ3) is 5.70. The molecule has 0 amide bonds. The molecule has 0 N–H and O–H groups in total. The minimum absolute atomic E-state index is 0.0151. The quantitative estimate of drug-likeness (QED) is 0.159. The van der Waals surface area contributed by atoms with E-state index in [2.05, 4.69) is 182 Å². The first-order valence-corrected chi connectivity index (χ1v) is 16.5. The van der Waals surface area contributed by atoms with Gasteiger partial charge in [0.05, 0.1) is 22.4 Å². The zero-order valence-corrected chi connectivity index (χ0v) is 26.5. The van der Waals surface area contributed by atoms with Crippen molar-refractivity contribution in [1.29, 1.82) is 0 Å². The molecule has 0 saturated carbocycles. The topological polar surface area (TPSA) is 25.8 Å². The molecule has 0 spiro atoms. The Hall–Kier alpha value is -6.12. The SMILES string of the molecule is c1ccc(C(c2ccccc2)c2ccccc2-c2nc3ccccc3nc2-c2ccccc2C(c2ccccc2)c2ccccc2)cc1. The molecule has 228 valence electrons. The minimum atomic E-state index is 0.0151. The van der Waals surface area contributed by atoms with E-state index < -0.39 is 0 Å². The van der Waals surface area contributed by atoms with Crippen LogP contribution in [0.25, 0.3) is 33.5 Å². The fraction of sp³-hybridized carbons (Fsp3) is 0.0435. The second-order valence-electron chi connectivity index (χ2n) is 12.1. The van der Waals surface area contributed by atoms with E-state index in [0.29, 0.717) is 0 Å². The van der Waals surface area contributed by atoms with Crippen molar-refractivity contribution in [3.8, 4) is 22.5 Å². The van der Waals surface area contributed by atoms with Crippen molar-refractivity contribution < 1.29 is 0 Å². The molecule has 0 unspecified atom stereocenters. The van der Waals surface area contributed by atoms with Gasteiger partial charge in [-0.25, -0.2) is 9.97 Å². The second-order valence-corrected chi connectivity index (χ2v) is 12.1. The fourth-order valence-corrected chi connectivity index (χ4v) is 6.99. The number of fused-ring (bicyclic) bond motifs is 1. The highest BCUT2D eigenvalue weighted by atomic mass is 14.8. The van der Waals surface area contributed by atoms with Gasteiger partial charge in [-0.05, 0) is 45.5 Å². The molecule has 0 bridgehead atoms. The summed E-state index contributed by atoms with van der Waals surface area (Å²) in [6.07, 6.45) is 0. The predicted molar refractivity (Wildman–Crippen MR) is 198 cm³/mol. The van der Waals surface area contributed by atoms with Crippen LogP contribution in [0.4, 0.5) is 0 Å². The zero-order valence-electron chi connectivity index (χ0n) is 26.5. The molecule has 0 aliphatic carbocycles. The van der Waals surface area contributed by atoms with Gasteiger partial charge in [-0.2, -0.15) is 0 Å². The summed E-state index contributed by atoms with van der Waals surface area (Å²) in [6, 6.07) is 68.8. The van der Waals surface area contributed by atoms with Gasteiger partial charge in [0.2, 0.25) is 0 Å². The largest absolute Gasteiger partial charge is 0.244 e. The Kier molecular flexibility index (Phi) is 8.13. The average Bonchev–Trinajstić information content (AvgIpc) is 3.17. The van der Waals surface area contributed by atoms with Crippen LogP contribution in [-0.4, -0.2) is 9.97 Å². The van der Waals surface area contributed by atoms with E-state index in [9.17, 15) is 0 Å². The van der Waals surface area contributed by atoms with Gasteiger partial charge in [-0.1, -0.05) is 182 Å². The highest BCUT2D eigenvalue weighted by Gasteiger charge is 2.26. The Morgan fingerprint density at radius 2 is 0.542 bits per heavy atom. The van der Waals surface area contributed by atoms with Gasteiger partial charge < -0.3 is 0 Å². The molecule has 0 aliphatic rings. The summed E-state index contributed by atoms with van der Waals surface area (Å²) in [4.78, 5) is 10.9. The summed E-state index contributed by atoms with van der Waals surface area (Å²) in [5.74, 6) is 0.0303. The van der Waals surface area contributed by atoms with Crippen LogP contribution in [0.15, 0.2) is 194 Å². The second kappa shape index (κ2) is 13.3. The molecule has 0 fully saturated rings. The summed E-state index contributed by atoms with van der Waals surface area (Å²) >= 11 is 0. The lowest BCUT2D eigenvalue weighted by Gasteiger charge is -2.25. The van der Waals surface area contributed by atoms with Gasteiger partial charge in [-0.3, -0.25) is 0 Å². The number of para-hydroxylation sites is 2. The van der Waals surface area contributed by atoms with Crippen molar-refractivity contribution in [1.82, 2.24) is 9.97 Å². The first-order valence-electron chi connectivity index (χ1n) is 16.5. The highest BCUT2D eigenvalue weighted by Crippen LogP contribution is 2.43. The standard InChI is InChI=1S/C46H34N2/c1-5-19-33(20-6-1)43(34-21-7-2-8-22-34)37-27-13-15-29-39(37)45-46(48-42-32-18-17-31-41(42)47-45)40-30-16-14-28-38(40)44(35-23-9-3-10-24-35)36-25-11-4-12-26-36/h1-32,43-44H. The van der Waals surface area contributed by atoms with Gasteiger partial charge >= 0.3 is 0 Å². The zero-order chi connectivity index (χ0) is 32.1. The Morgan fingerprint density at radius 1 is 0.271 bits per heavy atom. The van der Waals surface area contributed by atoms with E-state index >= 15 is 0 Å². The maximum atomic E-state index is 5.44. The molecule has 2 heteroatoms. The van der Waals surface area contributed by atoms with E-state index in [0.717, 1.165) is 33.5 Å². The van der Waals surface area contributed by atoms with E-state index in [1.165, 1.54) is 33.4 Å². The molecular formula is C46H34N2. The van der Waals surface area contributed by atoms with Crippen molar-refractivity contribution in [3.63, 3.8) is 0 Å². The van der Waals surface area contributed by atoms with Crippen LogP contribution >= 0.6 is 0 Å². The van der Waals surface area contributed by atoms with Crippen molar-refractivity contribution >= 4 is 11.0 Å². The number of rotatable bonds is 8. The van der Waals surface area contributed by atoms with Crippen LogP contribution in [0.5, 0.6) is 0 Å². The van der Waals surface area contributed by atoms with Crippen molar-refractivity contribution in [2.75, 3.05) is 0 Å². The van der Waals surface area contributed by atoms with Gasteiger partial charge in [-0.15, -0.1) is 0 Å². The number of benzene rings is 7. The van der Waals surface area contributed by atoms with Crippen LogP contribution in [0.3, 0.4) is 0 Å². The Bertz CT molecular complexity index is 2040. The average molecular weight is 615 g/mol. The normalized spacial score (nSPS) is 11.3. The molecule has 0 saturated heterocycles. The van der Waals surface area contributed by atoms with Gasteiger partial charge in [0, 0.05) is 23.0 Å². The van der Waals surface area contributed by atoms with Crippen LogP contribution in [0, 0.1) is 0 Å². The van der Waals surface area contributed by atoms with Crippen LogP contribution in [0.2, 0.25) is 0 Å². The van der Waals surface area contributed by atoms with Crippen molar-refractivity contribution in [2.45, 2.75) is 11.8 Å². The van der Waals surface area contributed by atoms with Crippen LogP contribution in [-0.2, 0) is 0 Å². The number of hydrogen-bond acceptors (Lipinski definition) is 2. The molecule has 0 aliphatic heterocycles. The first-order chi connectivity index (χ1) is 23.8. The molecule has 8 rings (SSSR count). The van der Waals surface area contributed by atoms with E-state index in [-0.39, 0.29) is 11.8 Å². The number of nitrogens with zero attached hydrogens (tertiary/aromatic N) is 2. The monoisotopic (exact) mass is 614 g/mol. The fourth-order valence-electron chi connectivity index (χ4n) is 6.99. The molecule has 0 atom stereocenters. The summed E-state index contributed by atoms with van der Waals surface area (Å²) in [6.45, 7) is 0. The highest BCUT2D eigenvalue weighted by molar-refractivity contribution is 5.89. The van der Waals surface area contributed by atoms with Crippen LogP contribution < -0.4 is 0 Å². The Balaban J connectivity index is 1.40. The van der Waals surface area contributed by atoms with E-state index in [4.69, 9.17) is 9.97 Å². The molecule has 7 aromatic carbocycles. The lowest BCUT2D eigenvalue weighted by atomic mass is 9.80. The number of aromatic nitrogens is 2. The van der Waals surface area contributed by atoms with Gasteiger partial charge in [0.15, 0.2) is 0 Å². The van der Waals surface area contributed by atoms with Crippen LogP contribution in [0.1, 0.15) is 45.2 Å². The maximum absolute atomic E-state index is 5.44. The molecule has 1 heterocycles. The predicted octanol–water partition coefficient (Wildman–Crippen LogP) is 11.3. The molecule has 0 radical (unpaired) electrons. The third-order valence-electron chi connectivity index (χ3n) is 9.16. The first kappa shape index (κ1) is 29.3. The van der Waals surface area contributed by atoms with Crippen molar-refractivity contribution in [2.24, 2.45) is 0 Å². The van der Waals surface area contributed by atoms with Crippen molar-refractivity contribution in [3.05, 3.63) is 228 Å². The lowest BCUT2D eigenvalue weighted by molar-refractivity contribution is 0.974. The minimum Gasteiger partial charge on any atom is -0.244 e. The van der Waals surface area contributed by atoms with E-state index in [1.807, 2.05) is 12.1 Å². The summed E-state index contributed by atoms with van der Waals surface area (Å²) < 4.78 is 0. The molecule has 2 nitrogen and oxygen atoms in total. The lowest BCUT2D eigenvalue weighted by Crippen LogP contribution is -2.08. The summed E-state index contributed by atoms with van der Waals surface area (Å²) in [5.41, 5.74) is 13.0. The summed E-state index contributed by atoms with van der Waals surface area (Å²) in [7, 11) is 0. The Labute approximate surface area is 282 Å². The smallest absolute Gasteiger partial charge is 0.0976 e. The number of hydrogen-bond donors (Lipinski definition) is 0. The third-order valence-corrected chi connectivity index (χ3v) is 9.16. The van der Waals surface area contributed by atoms with Gasteiger partial charge in [0.1, 0.15) is 0 Å².